The van der Waals surface area contributed by atoms with Gasteiger partial charge in [-0.25, -0.2) is 0 Å². The van der Waals surface area contributed by atoms with Crippen molar-refractivity contribution < 1.29 is 0 Å². The third kappa shape index (κ3) is 2.13. The Kier molecular flexibility index (Phi) is 3.10. The SMILES string of the molecule is C=Cc1cc(-c2cccnc2)c(NC)cc1N. The second kappa shape index (κ2) is 4.70. The van der Waals surface area contributed by atoms with Gasteiger partial charge in [0, 0.05) is 41.9 Å². The van der Waals surface area contributed by atoms with Crippen molar-refractivity contribution in [3.05, 3.63) is 48.8 Å². The van der Waals surface area contributed by atoms with Gasteiger partial charge in [-0.3, -0.25) is 4.98 Å². The van der Waals surface area contributed by atoms with E-state index in [1.165, 1.54) is 0 Å². The number of nitrogen functional groups attached to an aromatic ring is 1. The summed E-state index contributed by atoms with van der Waals surface area (Å²) in [6.45, 7) is 3.77. The zero-order valence-corrected chi connectivity index (χ0v) is 9.77. The van der Waals surface area contributed by atoms with E-state index in [2.05, 4.69) is 16.9 Å². The molecule has 0 fully saturated rings. The van der Waals surface area contributed by atoms with Crippen molar-refractivity contribution in [2.75, 3.05) is 18.1 Å². The van der Waals surface area contributed by atoms with Crippen molar-refractivity contribution in [2.45, 2.75) is 0 Å². The molecule has 86 valence electrons. The summed E-state index contributed by atoms with van der Waals surface area (Å²) in [6.07, 6.45) is 5.35. The Balaban J connectivity index is 2.63. The number of aromatic nitrogens is 1. The van der Waals surface area contributed by atoms with Crippen LogP contribution in [0.5, 0.6) is 0 Å². The first-order valence-corrected chi connectivity index (χ1v) is 5.40. The summed E-state index contributed by atoms with van der Waals surface area (Å²) in [5, 5.41) is 3.14. The van der Waals surface area contributed by atoms with E-state index < -0.39 is 0 Å². The minimum absolute atomic E-state index is 0.719. The topological polar surface area (TPSA) is 50.9 Å². The summed E-state index contributed by atoms with van der Waals surface area (Å²) in [5.74, 6) is 0. The van der Waals surface area contributed by atoms with E-state index in [4.69, 9.17) is 5.73 Å². The van der Waals surface area contributed by atoms with Crippen LogP contribution in [0.15, 0.2) is 43.2 Å². The van der Waals surface area contributed by atoms with Crippen LogP contribution in [0.25, 0.3) is 17.2 Å². The highest BCUT2D eigenvalue weighted by molar-refractivity contribution is 5.84. The molecule has 0 aliphatic rings. The molecule has 2 rings (SSSR count). The first-order valence-electron chi connectivity index (χ1n) is 5.40. The van der Waals surface area contributed by atoms with Gasteiger partial charge in [-0.05, 0) is 23.8 Å². The predicted molar refractivity (Wildman–Crippen MR) is 73.7 cm³/mol. The number of nitrogens with zero attached hydrogens (tertiary/aromatic N) is 1. The van der Waals surface area contributed by atoms with Crippen LogP contribution in [-0.2, 0) is 0 Å². The molecule has 1 aromatic heterocycles. The molecule has 2 aromatic rings. The third-order valence-electron chi connectivity index (χ3n) is 2.68. The second-order valence-electron chi connectivity index (χ2n) is 3.72. The quantitative estimate of drug-likeness (QED) is 0.789. The van der Waals surface area contributed by atoms with Crippen LogP contribution in [0, 0.1) is 0 Å². The van der Waals surface area contributed by atoms with Crippen LogP contribution < -0.4 is 11.1 Å². The van der Waals surface area contributed by atoms with Crippen molar-refractivity contribution in [2.24, 2.45) is 0 Å². The predicted octanol–water partition coefficient (Wildman–Crippen LogP) is 3.02. The molecule has 0 aliphatic carbocycles. The van der Waals surface area contributed by atoms with Gasteiger partial charge < -0.3 is 11.1 Å². The normalized spacial score (nSPS) is 9.94. The lowest BCUT2D eigenvalue weighted by Crippen LogP contribution is -1.97. The highest BCUT2D eigenvalue weighted by Gasteiger charge is 2.07. The van der Waals surface area contributed by atoms with Gasteiger partial charge in [-0.15, -0.1) is 0 Å². The van der Waals surface area contributed by atoms with Gasteiger partial charge in [-0.1, -0.05) is 18.7 Å². The Morgan fingerprint density at radius 3 is 2.82 bits per heavy atom. The smallest absolute Gasteiger partial charge is 0.0438 e. The van der Waals surface area contributed by atoms with E-state index in [0.717, 1.165) is 28.1 Å². The highest BCUT2D eigenvalue weighted by atomic mass is 14.8. The molecule has 0 radical (unpaired) electrons. The Morgan fingerprint density at radius 2 is 2.24 bits per heavy atom. The zero-order chi connectivity index (χ0) is 12.3. The Hall–Kier alpha value is -2.29. The first kappa shape index (κ1) is 11.2. The fourth-order valence-corrected chi connectivity index (χ4v) is 1.78. The molecule has 17 heavy (non-hydrogen) atoms. The number of hydrogen-bond donors (Lipinski definition) is 2. The molecule has 0 atom stereocenters. The molecule has 0 aliphatic heterocycles. The maximum Gasteiger partial charge on any atom is 0.0438 e. The number of hydrogen-bond acceptors (Lipinski definition) is 3. The maximum absolute atomic E-state index is 5.93. The summed E-state index contributed by atoms with van der Waals surface area (Å²) in [4.78, 5) is 4.13. The number of nitrogens with two attached hydrogens (primary N) is 1. The fourth-order valence-electron chi connectivity index (χ4n) is 1.78. The number of nitrogens with one attached hydrogen (secondary N) is 1. The average Bonchev–Trinajstić information content (AvgIpc) is 2.39. The zero-order valence-electron chi connectivity index (χ0n) is 9.77. The molecule has 0 saturated carbocycles. The standard InChI is InChI=1S/C14H15N3/c1-3-10-7-12(11-5-4-6-17-9-11)14(16-2)8-13(10)15/h3-9,16H,1,15H2,2H3. The van der Waals surface area contributed by atoms with E-state index >= 15 is 0 Å². The third-order valence-corrected chi connectivity index (χ3v) is 2.68. The van der Waals surface area contributed by atoms with Crippen molar-refractivity contribution in [3.63, 3.8) is 0 Å². The van der Waals surface area contributed by atoms with Gasteiger partial charge in [0.2, 0.25) is 0 Å². The summed E-state index contributed by atoms with van der Waals surface area (Å²) in [5.41, 5.74) is 10.7. The summed E-state index contributed by atoms with van der Waals surface area (Å²) in [6, 6.07) is 7.87. The molecule has 0 unspecified atom stereocenters. The lowest BCUT2D eigenvalue weighted by Gasteiger charge is -2.12. The van der Waals surface area contributed by atoms with Crippen LogP contribution in [-0.4, -0.2) is 12.0 Å². The van der Waals surface area contributed by atoms with Crippen LogP contribution in [0.1, 0.15) is 5.56 Å². The minimum atomic E-state index is 0.719. The van der Waals surface area contributed by atoms with E-state index in [1.807, 2.05) is 37.5 Å². The Labute approximate surface area is 101 Å². The summed E-state index contributed by atoms with van der Waals surface area (Å²) in [7, 11) is 1.88. The molecular formula is C14H15N3. The fraction of sp³-hybridized carbons (Fsp3) is 0.0714. The molecule has 0 saturated heterocycles. The lowest BCUT2D eigenvalue weighted by molar-refractivity contribution is 1.33. The van der Waals surface area contributed by atoms with Gasteiger partial charge in [0.1, 0.15) is 0 Å². The van der Waals surface area contributed by atoms with Gasteiger partial charge in [-0.2, -0.15) is 0 Å². The molecular weight excluding hydrogens is 210 g/mol. The van der Waals surface area contributed by atoms with Gasteiger partial charge in [0.25, 0.3) is 0 Å². The van der Waals surface area contributed by atoms with Crippen LogP contribution in [0.2, 0.25) is 0 Å². The molecule has 0 bridgehead atoms. The lowest BCUT2D eigenvalue weighted by atomic mass is 10.0. The van der Waals surface area contributed by atoms with Crippen LogP contribution >= 0.6 is 0 Å². The Bertz CT molecular complexity index is 533. The molecule has 1 heterocycles. The summed E-state index contributed by atoms with van der Waals surface area (Å²) < 4.78 is 0. The number of anilines is 2. The van der Waals surface area contributed by atoms with Gasteiger partial charge in [0.15, 0.2) is 0 Å². The van der Waals surface area contributed by atoms with Gasteiger partial charge in [0.05, 0.1) is 0 Å². The van der Waals surface area contributed by atoms with Crippen molar-refractivity contribution in [1.82, 2.24) is 4.98 Å². The first-order chi connectivity index (χ1) is 8.26. The van der Waals surface area contributed by atoms with Crippen molar-refractivity contribution in [1.29, 1.82) is 0 Å². The largest absolute Gasteiger partial charge is 0.398 e. The van der Waals surface area contributed by atoms with E-state index in [9.17, 15) is 0 Å². The Morgan fingerprint density at radius 1 is 1.41 bits per heavy atom. The van der Waals surface area contributed by atoms with Crippen LogP contribution in [0.3, 0.4) is 0 Å². The molecule has 0 amide bonds. The van der Waals surface area contributed by atoms with Gasteiger partial charge >= 0.3 is 0 Å². The molecule has 3 N–H and O–H groups in total. The highest BCUT2D eigenvalue weighted by Crippen LogP contribution is 2.32. The van der Waals surface area contributed by atoms with E-state index in [0.29, 0.717) is 0 Å². The van der Waals surface area contributed by atoms with Crippen molar-refractivity contribution >= 4 is 17.5 Å². The average molecular weight is 225 g/mol. The van der Waals surface area contributed by atoms with E-state index in [1.54, 1.807) is 12.3 Å². The molecule has 0 spiro atoms. The monoisotopic (exact) mass is 225 g/mol. The van der Waals surface area contributed by atoms with Crippen LogP contribution in [0.4, 0.5) is 11.4 Å². The second-order valence-corrected chi connectivity index (χ2v) is 3.72. The maximum atomic E-state index is 5.93. The number of benzene rings is 1. The minimum Gasteiger partial charge on any atom is -0.398 e. The number of pyridine rings is 1. The molecule has 1 aromatic carbocycles. The molecule has 3 nitrogen and oxygen atoms in total. The van der Waals surface area contributed by atoms with E-state index in [-0.39, 0.29) is 0 Å². The summed E-state index contributed by atoms with van der Waals surface area (Å²) >= 11 is 0. The molecule has 3 heteroatoms. The van der Waals surface area contributed by atoms with Crippen molar-refractivity contribution in [3.8, 4) is 11.1 Å². The number of rotatable bonds is 3.